The highest BCUT2D eigenvalue weighted by Crippen LogP contribution is 2.22. The SMILES string of the molecule is CC(=O)SC(CC(=S)c1ccc(-c2ccccc2)cc1)C(=O)O. The van der Waals surface area contributed by atoms with Crippen molar-refractivity contribution in [3.05, 3.63) is 60.2 Å². The van der Waals surface area contributed by atoms with Crippen molar-refractivity contribution >= 4 is 39.9 Å². The van der Waals surface area contributed by atoms with Crippen molar-refractivity contribution in [3.63, 3.8) is 0 Å². The molecule has 0 amide bonds. The molecule has 0 aliphatic heterocycles. The van der Waals surface area contributed by atoms with Crippen molar-refractivity contribution in [2.45, 2.75) is 18.6 Å². The average Bonchev–Trinajstić information content (AvgIpc) is 2.54. The molecule has 23 heavy (non-hydrogen) atoms. The van der Waals surface area contributed by atoms with Gasteiger partial charge in [0.2, 0.25) is 0 Å². The van der Waals surface area contributed by atoms with Gasteiger partial charge in [-0.3, -0.25) is 9.59 Å². The molecule has 2 rings (SSSR count). The van der Waals surface area contributed by atoms with Crippen LogP contribution >= 0.6 is 24.0 Å². The van der Waals surface area contributed by atoms with Crippen molar-refractivity contribution in [1.82, 2.24) is 0 Å². The molecule has 0 bridgehead atoms. The van der Waals surface area contributed by atoms with Gasteiger partial charge in [0.15, 0.2) is 5.12 Å². The summed E-state index contributed by atoms with van der Waals surface area (Å²) in [5, 5.41) is 8.12. The fourth-order valence-corrected chi connectivity index (χ4v) is 3.30. The molecule has 0 fully saturated rings. The molecule has 0 aliphatic carbocycles. The number of rotatable bonds is 6. The van der Waals surface area contributed by atoms with E-state index >= 15 is 0 Å². The quantitative estimate of drug-likeness (QED) is 0.629. The van der Waals surface area contributed by atoms with E-state index in [-0.39, 0.29) is 11.5 Å². The second kappa shape index (κ2) is 8.04. The van der Waals surface area contributed by atoms with E-state index in [2.05, 4.69) is 0 Å². The summed E-state index contributed by atoms with van der Waals surface area (Å²) in [7, 11) is 0. The largest absolute Gasteiger partial charge is 0.480 e. The number of hydrogen-bond donors (Lipinski definition) is 1. The van der Waals surface area contributed by atoms with E-state index in [0.29, 0.717) is 4.86 Å². The highest BCUT2D eigenvalue weighted by Gasteiger charge is 2.22. The normalized spacial score (nSPS) is 11.7. The zero-order chi connectivity index (χ0) is 16.8. The van der Waals surface area contributed by atoms with E-state index in [1.165, 1.54) is 6.92 Å². The highest BCUT2D eigenvalue weighted by atomic mass is 32.2. The van der Waals surface area contributed by atoms with Gasteiger partial charge in [0.05, 0.1) is 0 Å². The Labute approximate surface area is 144 Å². The van der Waals surface area contributed by atoms with Crippen LogP contribution in [-0.2, 0) is 9.59 Å². The number of carboxylic acid groups (broad SMARTS) is 1. The number of hydrogen-bond acceptors (Lipinski definition) is 4. The zero-order valence-electron chi connectivity index (χ0n) is 12.6. The van der Waals surface area contributed by atoms with Gasteiger partial charge in [-0.2, -0.15) is 0 Å². The number of carboxylic acids is 1. The lowest BCUT2D eigenvalue weighted by Gasteiger charge is -2.11. The molecule has 1 unspecified atom stereocenters. The van der Waals surface area contributed by atoms with Gasteiger partial charge in [-0.15, -0.1) is 0 Å². The van der Waals surface area contributed by atoms with Crippen LogP contribution in [0.15, 0.2) is 54.6 Å². The Morgan fingerprint density at radius 1 is 1.04 bits per heavy atom. The highest BCUT2D eigenvalue weighted by molar-refractivity contribution is 8.14. The van der Waals surface area contributed by atoms with Gasteiger partial charge in [0, 0.05) is 18.2 Å². The molecule has 0 heterocycles. The summed E-state index contributed by atoms with van der Waals surface area (Å²) in [6.45, 7) is 1.36. The molecule has 0 spiro atoms. The Morgan fingerprint density at radius 2 is 1.61 bits per heavy atom. The molecular weight excluding hydrogens is 328 g/mol. The summed E-state index contributed by atoms with van der Waals surface area (Å²) in [5.41, 5.74) is 3.00. The summed E-state index contributed by atoms with van der Waals surface area (Å²) in [5.74, 6) is -1.02. The van der Waals surface area contributed by atoms with Gasteiger partial charge >= 0.3 is 5.97 Å². The third kappa shape index (κ3) is 5.01. The third-order valence-corrected chi connectivity index (χ3v) is 4.66. The number of benzene rings is 2. The van der Waals surface area contributed by atoms with E-state index in [9.17, 15) is 14.7 Å². The Bertz CT molecular complexity index is 709. The molecule has 0 aliphatic rings. The summed E-state index contributed by atoms with van der Waals surface area (Å²) < 4.78 is 0. The minimum atomic E-state index is -1.02. The van der Waals surface area contributed by atoms with Gasteiger partial charge in [0.25, 0.3) is 0 Å². The molecule has 3 nitrogen and oxygen atoms in total. The summed E-state index contributed by atoms with van der Waals surface area (Å²) in [6.07, 6.45) is 0.166. The van der Waals surface area contributed by atoms with Crippen LogP contribution in [0.3, 0.4) is 0 Å². The van der Waals surface area contributed by atoms with E-state index in [1.54, 1.807) is 0 Å². The number of thiocarbonyl (C=S) groups is 1. The van der Waals surface area contributed by atoms with Gasteiger partial charge in [-0.1, -0.05) is 78.6 Å². The molecule has 1 N–H and O–H groups in total. The molecule has 2 aromatic carbocycles. The van der Waals surface area contributed by atoms with Gasteiger partial charge in [0.1, 0.15) is 5.25 Å². The first-order chi connectivity index (χ1) is 11.0. The molecule has 0 saturated heterocycles. The molecule has 0 saturated carbocycles. The lowest BCUT2D eigenvalue weighted by molar-refractivity contribution is -0.136. The maximum absolute atomic E-state index is 11.2. The van der Waals surface area contributed by atoms with Gasteiger partial charge in [-0.25, -0.2) is 0 Å². The predicted octanol–water partition coefficient (Wildman–Crippen LogP) is 4.19. The van der Waals surface area contributed by atoms with Crippen LogP contribution in [0.5, 0.6) is 0 Å². The minimum absolute atomic E-state index is 0.166. The minimum Gasteiger partial charge on any atom is -0.480 e. The maximum atomic E-state index is 11.2. The molecule has 5 heteroatoms. The van der Waals surface area contributed by atoms with Crippen molar-refractivity contribution < 1.29 is 14.7 Å². The zero-order valence-corrected chi connectivity index (χ0v) is 14.2. The average molecular weight is 344 g/mol. The summed E-state index contributed by atoms with van der Waals surface area (Å²) in [6, 6.07) is 17.7. The van der Waals surface area contributed by atoms with Crippen LogP contribution in [0.1, 0.15) is 18.9 Å². The Balaban J connectivity index is 2.11. The second-order valence-corrected chi connectivity index (χ2v) is 6.88. The van der Waals surface area contributed by atoms with E-state index in [4.69, 9.17) is 12.2 Å². The lowest BCUT2D eigenvalue weighted by Crippen LogP contribution is -2.21. The van der Waals surface area contributed by atoms with Crippen LogP contribution in [0.25, 0.3) is 11.1 Å². The monoisotopic (exact) mass is 344 g/mol. The van der Waals surface area contributed by atoms with Gasteiger partial charge in [-0.05, 0) is 16.7 Å². The fraction of sp³-hybridized carbons (Fsp3) is 0.167. The third-order valence-electron chi connectivity index (χ3n) is 3.27. The van der Waals surface area contributed by atoms with Crippen LogP contribution < -0.4 is 0 Å². The molecule has 1 atom stereocenters. The topological polar surface area (TPSA) is 54.4 Å². The van der Waals surface area contributed by atoms with Crippen LogP contribution in [-0.4, -0.2) is 26.3 Å². The van der Waals surface area contributed by atoms with E-state index in [0.717, 1.165) is 28.5 Å². The van der Waals surface area contributed by atoms with Crippen LogP contribution in [0.2, 0.25) is 0 Å². The summed E-state index contributed by atoms with van der Waals surface area (Å²) in [4.78, 5) is 22.9. The van der Waals surface area contributed by atoms with Crippen molar-refractivity contribution in [2.24, 2.45) is 0 Å². The molecule has 0 radical (unpaired) electrons. The van der Waals surface area contributed by atoms with Crippen LogP contribution in [0.4, 0.5) is 0 Å². The molecule has 0 aromatic heterocycles. The fourth-order valence-electron chi connectivity index (χ4n) is 2.15. The smallest absolute Gasteiger partial charge is 0.317 e. The van der Waals surface area contributed by atoms with Crippen molar-refractivity contribution in [1.29, 1.82) is 0 Å². The number of carbonyl (C=O) groups is 2. The lowest BCUT2D eigenvalue weighted by atomic mass is 10.0. The van der Waals surface area contributed by atoms with E-state index in [1.807, 2.05) is 54.6 Å². The Morgan fingerprint density at radius 3 is 2.13 bits per heavy atom. The number of aliphatic carboxylic acids is 1. The number of carbonyl (C=O) groups excluding carboxylic acids is 1. The van der Waals surface area contributed by atoms with Gasteiger partial charge < -0.3 is 5.11 Å². The first-order valence-electron chi connectivity index (χ1n) is 7.06. The predicted molar refractivity (Wildman–Crippen MR) is 97.9 cm³/mol. The first-order valence-corrected chi connectivity index (χ1v) is 8.35. The van der Waals surface area contributed by atoms with E-state index < -0.39 is 11.2 Å². The summed E-state index contributed by atoms with van der Waals surface area (Å²) >= 11 is 6.15. The van der Waals surface area contributed by atoms with Crippen molar-refractivity contribution in [2.75, 3.05) is 0 Å². The Hall–Kier alpha value is -1.98. The standard InChI is InChI=1S/C18H16O3S2/c1-12(19)23-17(18(20)21)11-16(22)15-9-7-14(8-10-15)13-5-3-2-4-6-13/h2-10,17H,11H2,1H3,(H,20,21). The van der Waals surface area contributed by atoms with Crippen LogP contribution in [0, 0.1) is 0 Å². The first kappa shape index (κ1) is 17.4. The molecule has 2 aromatic rings. The second-order valence-electron chi connectivity index (χ2n) is 5.01. The molecular formula is C18H16O3S2. The van der Waals surface area contributed by atoms with Crippen molar-refractivity contribution in [3.8, 4) is 11.1 Å². The number of thioether (sulfide) groups is 1. The molecule has 118 valence electrons. The maximum Gasteiger partial charge on any atom is 0.317 e. The Kier molecular flexibility index (Phi) is 6.07.